The Morgan fingerprint density at radius 1 is 1.06 bits per heavy atom. The summed E-state index contributed by atoms with van der Waals surface area (Å²) in [5, 5.41) is 3.95. The summed E-state index contributed by atoms with van der Waals surface area (Å²) >= 11 is 0. The maximum atomic E-state index is 14.6. The van der Waals surface area contributed by atoms with Gasteiger partial charge in [-0.15, -0.1) is 6.58 Å². The molecule has 0 unspecified atom stereocenters. The fraction of sp³-hybridized carbons (Fsp3) is 0.553. The third-order valence-electron chi connectivity index (χ3n) is 11.1. The summed E-state index contributed by atoms with van der Waals surface area (Å²) in [5.74, 6) is -2.98. The van der Waals surface area contributed by atoms with E-state index in [1.54, 1.807) is 6.20 Å². The average Bonchev–Trinajstić information content (AvgIpc) is 3.99. The number of carbonyl (C=O) groups is 4. The molecule has 13 heteroatoms. The van der Waals surface area contributed by atoms with E-state index >= 15 is 0 Å². The molecule has 0 spiro atoms. The molecule has 2 aliphatic heterocycles. The molecule has 3 amide bonds. The second-order valence-corrected chi connectivity index (χ2v) is 16.7. The lowest BCUT2D eigenvalue weighted by molar-refractivity contribution is -0.152. The van der Waals surface area contributed by atoms with Gasteiger partial charge in [-0.2, -0.15) is 0 Å². The van der Waals surface area contributed by atoms with Crippen molar-refractivity contribution >= 4 is 50.6 Å². The lowest BCUT2D eigenvalue weighted by Crippen LogP contribution is -2.57. The molecule has 4 fully saturated rings. The van der Waals surface area contributed by atoms with Crippen molar-refractivity contribution in [2.75, 3.05) is 13.2 Å². The molecule has 1 aromatic carbocycles. The number of allylic oxidation sites excluding steroid dienone is 1. The van der Waals surface area contributed by atoms with Crippen molar-refractivity contribution in [2.45, 2.75) is 100.0 Å². The molecule has 4 bridgehead atoms. The fourth-order valence-electron chi connectivity index (χ4n) is 7.95. The molecule has 51 heavy (non-hydrogen) atoms. The van der Waals surface area contributed by atoms with E-state index in [0.717, 1.165) is 54.9 Å². The summed E-state index contributed by atoms with van der Waals surface area (Å²) in [6.45, 7) is 4.12. The Kier molecular flexibility index (Phi) is 9.93. The van der Waals surface area contributed by atoms with Gasteiger partial charge in [0, 0.05) is 23.9 Å². The highest BCUT2D eigenvalue weighted by atomic mass is 32.2. The van der Waals surface area contributed by atoms with Crippen LogP contribution in [0.4, 0.5) is 0 Å². The van der Waals surface area contributed by atoms with Crippen molar-refractivity contribution in [3.05, 3.63) is 54.8 Å². The number of nitrogens with zero attached hydrogens (tertiary/aromatic N) is 2. The first-order valence-electron chi connectivity index (χ1n) is 18.3. The quantitative estimate of drug-likeness (QED) is 0.316. The lowest BCUT2D eigenvalue weighted by Gasteiger charge is -2.31. The molecule has 12 nitrogen and oxygen atoms in total. The van der Waals surface area contributed by atoms with Gasteiger partial charge in [-0.05, 0) is 80.4 Å². The zero-order valence-electron chi connectivity index (χ0n) is 28.8. The van der Waals surface area contributed by atoms with Gasteiger partial charge in [0.05, 0.1) is 30.7 Å². The summed E-state index contributed by atoms with van der Waals surface area (Å²) in [4.78, 5) is 61.6. The second-order valence-electron chi connectivity index (χ2n) is 14.7. The smallest absolute Gasteiger partial charge is 0.306 e. The Labute approximate surface area is 298 Å². The highest BCUT2D eigenvalue weighted by Gasteiger charge is 2.62. The van der Waals surface area contributed by atoms with E-state index in [2.05, 4.69) is 27.7 Å². The number of nitrogens with one attached hydrogen (secondary N) is 2. The number of hydrogen-bond acceptors (Lipinski definition) is 9. The maximum absolute atomic E-state index is 14.6. The number of hydrogen-bond donors (Lipinski definition) is 2. The van der Waals surface area contributed by atoms with E-state index in [4.69, 9.17) is 9.47 Å². The van der Waals surface area contributed by atoms with E-state index < -0.39 is 62.6 Å². The molecule has 2 aromatic rings. The number of sulfonamides is 1. The molecule has 7 rings (SSSR count). The van der Waals surface area contributed by atoms with Crippen molar-refractivity contribution in [1.29, 1.82) is 0 Å². The minimum absolute atomic E-state index is 0.0375. The van der Waals surface area contributed by atoms with E-state index in [9.17, 15) is 27.6 Å². The highest BCUT2D eigenvalue weighted by Crippen LogP contribution is 2.46. The average molecular weight is 719 g/mol. The molecule has 3 aliphatic carbocycles. The third-order valence-corrected chi connectivity index (χ3v) is 13.0. The second kappa shape index (κ2) is 14.4. The molecule has 2 N–H and O–H groups in total. The first-order chi connectivity index (χ1) is 24.6. The van der Waals surface area contributed by atoms with Crippen LogP contribution in [0.2, 0.25) is 0 Å². The SMILES string of the molecule is C=C[C@H]1C[C@]1(NC(=O)[C@@H]1C[C@@H]2CN1C(=O)[C@H](C1CCCC1)CC(=O)OCCCC/C=C/c1ccc3ccnc(c3c1)O2)C(=O)NS(=O)(=O)C1CC1. The highest BCUT2D eigenvalue weighted by molar-refractivity contribution is 7.91. The Hall–Kier alpha value is -4.26. The normalized spacial score (nSPS) is 29.7. The van der Waals surface area contributed by atoms with Crippen molar-refractivity contribution < 1.29 is 37.1 Å². The van der Waals surface area contributed by atoms with Crippen LogP contribution in [-0.4, -0.2) is 78.1 Å². The summed E-state index contributed by atoms with van der Waals surface area (Å²) in [6, 6.07) is 6.87. The van der Waals surface area contributed by atoms with Gasteiger partial charge in [0.2, 0.25) is 27.7 Å². The third kappa shape index (κ3) is 7.54. The number of ether oxygens (including phenoxy) is 2. The summed E-state index contributed by atoms with van der Waals surface area (Å²) in [6.07, 6.45) is 13.7. The minimum atomic E-state index is -3.87. The summed E-state index contributed by atoms with van der Waals surface area (Å²) in [7, 11) is -3.87. The number of amides is 3. The van der Waals surface area contributed by atoms with Gasteiger partial charge in [0.15, 0.2) is 0 Å². The molecule has 3 heterocycles. The number of rotatable bonds is 7. The molecule has 5 aliphatic rings. The predicted molar refractivity (Wildman–Crippen MR) is 189 cm³/mol. The molecule has 3 saturated carbocycles. The van der Waals surface area contributed by atoms with Crippen LogP contribution in [0.3, 0.4) is 0 Å². The molecule has 272 valence electrons. The predicted octanol–water partition coefficient (Wildman–Crippen LogP) is 4.19. The molecule has 5 atom stereocenters. The monoisotopic (exact) mass is 718 g/mol. The molecule has 0 radical (unpaired) electrons. The zero-order chi connectivity index (χ0) is 35.8. The topological polar surface area (TPSA) is 161 Å². The lowest BCUT2D eigenvalue weighted by atomic mass is 9.86. The van der Waals surface area contributed by atoms with Crippen LogP contribution in [0.25, 0.3) is 16.8 Å². The van der Waals surface area contributed by atoms with Crippen molar-refractivity contribution in [1.82, 2.24) is 19.9 Å². The van der Waals surface area contributed by atoms with E-state index in [0.29, 0.717) is 25.1 Å². The van der Waals surface area contributed by atoms with Crippen LogP contribution >= 0.6 is 0 Å². The van der Waals surface area contributed by atoms with Gasteiger partial charge < -0.3 is 19.7 Å². The van der Waals surface area contributed by atoms with Crippen LogP contribution in [0.15, 0.2) is 49.2 Å². The van der Waals surface area contributed by atoms with E-state index in [1.807, 2.05) is 30.3 Å². The van der Waals surface area contributed by atoms with Crippen LogP contribution in [-0.2, 0) is 33.9 Å². The largest absolute Gasteiger partial charge is 0.472 e. The number of pyridine rings is 1. The Morgan fingerprint density at radius 2 is 1.86 bits per heavy atom. The Bertz CT molecular complexity index is 1850. The van der Waals surface area contributed by atoms with Crippen molar-refractivity contribution in [3.63, 3.8) is 0 Å². The number of esters is 1. The number of benzene rings is 1. The van der Waals surface area contributed by atoms with Gasteiger partial charge in [-0.25, -0.2) is 13.4 Å². The first-order valence-corrected chi connectivity index (χ1v) is 19.8. The zero-order valence-corrected chi connectivity index (χ0v) is 29.6. The van der Waals surface area contributed by atoms with Crippen LogP contribution in [0.1, 0.15) is 82.6 Å². The summed E-state index contributed by atoms with van der Waals surface area (Å²) in [5.41, 5.74) is -0.534. The van der Waals surface area contributed by atoms with E-state index in [-0.39, 0.29) is 44.2 Å². The fourth-order valence-corrected chi connectivity index (χ4v) is 9.31. The van der Waals surface area contributed by atoms with Gasteiger partial charge in [0.1, 0.15) is 17.7 Å². The number of carbonyl (C=O) groups excluding carboxylic acids is 4. The minimum Gasteiger partial charge on any atom is -0.472 e. The number of fused-ring (bicyclic) bond motifs is 3. The van der Waals surface area contributed by atoms with Crippen LogP contribution < -0.4 is 14.8 Å². The number of cyclic esters (lactones) is 1. The van der Waals surface area contributed by atoms with Crippen molar-refractivity contribution in [2.24, 2.45) is 17.8 Å². The van der Waals surface area contributed by atoms with Crippen LogP contribution in [0, 0.1) is 17.8 Å². The van der Waals surface area contributed by atoms with Gasteiger partial charge in [0.25, 0.3) is 5.91 Å². The van der Waals surface area contributed by atoms with Gasteiger partial charge in [-0.1, -0.05) is 43.2 Å². The van der Waals surface area contributed by atoms with Gasteiger partial charge >= 0.3 is 5.97 Å². The maximum Gasteiger partial charge on any atom is 0.306 e. The standard InChI is InChI=1S/C38H46N4O8S/c1-2-27-22-38(27,37(46)41-51(47,48)29-14-15-29)40-34(44)32-20-28-23-42(32)36(45)31(25-10-6-7-11-25)21-33(43)49-18-8-4-3-5-9-24-12-13-26-16-17-39-35(50-28)30(26)19-24/h2,5,9,12-13,16-17,19,25,27-29,31-32H,1,3-4,6-8,10-11,14-15,18,20-23H2,(H,40,44)(H,41,46)/b9-5+/t27-,28+,31-,32-,38+/m0/s1. The van der Waals surface area contributed by atoms with E-state index in [1.165, 1.54) is 11.0 Å². The Balaban J connectivity index is 1.20. The molecule has 1 aromatic heterocycles. The van der Waals surface area contributed by atoms with Crippen LogP contribution in [0.5, 0.6) is 5.88 Å². The molecular weight excluding hydrogens is 673 g/mol. The Morgan fingerprint density at radius 3 is 2.61 bits per heavy atom. The molecular formula is C38H46N4O8S. The van der Waals surface area contributed by atoms with Gasteiger partial charge in [-0.3, -0.25) is 23.9 Å². The first kappa shape index (κ1) is 35.2. The van der Waals surface area contributed by atoms with Crippen molar-refractivity contribution in [3.8, 4) is 5.88 Å². The number of aromatic nitrogens is 1. The summed E-state index contributed by atoms with van der Waals surface area (Å²) < 4.78 is 39.7. The molecule has 1 saturated heterocycles.